The Morgan fingerprint density at radius 3 is 2.56 bits per heavy atom. The Bertz CT molecular complexity index is 755. The first kappa shape index (κ1) is 18.0. The third-order valence-corrected chi connectivity index (χ3v) is 5.61. The molecule has 1 aromatic carbocycles. The van der Waals surface area contributed by atoms with E-state index in [9.17, 15) is 9.90 Å². The number of carbonyl (C=O) groups is 1. The zero-order valence-electron chi connectivity index (χ0n) is 15.8. The summed E-state index contributed by atoms with van der Waals surface area (Å²) in [6.07, 6.45) is 2.39. The van der Waals surface area contributed by atoms with Gasteiger partial charge in [-0.25, -0.2) is 0 Å². The Balaban J connectivity index is 1.71. The highest BCUT2D eigenvalue weighted by molar-refractivity contribution is 5.99. The van der Waals surface area contributed by atoms with E-state index < -0.39 is 0 Å². The topological polar surface area (TPSA) is 45.5 Å². The van der Waals surface area contributed by atoms with Crippen molar-refractivity contribution in [2.75, 3.05) is 13.1 Å². The highest BCUT2D eigenvalue weighted by atomic mass is 16.3. The molecule has 4 heteroatoms. The van der Waals surface area contributed by atoms with Gasteiger partial charge in [0.25, 0.3) is 5.91 Å². The SMILES string of the molecule is Cc1cccc2c1cc(C(=O)N1CCC(C(O)CC(C)C)CC1)n2C. The van der Waals surface area contributed by atoms with Crippen molar-refractivity contribution in [3.05, 3.63) is 35.5 Å². The van der Waals surface area contributed by atoms with Crippen LogP contribution in [-0.4, -0.2) is 39.7 Å². The normalized spacial score (nSPS) is 17.4. The molecular formula is C21H30N2O2. The van der Waals surface area contributed by atoms with Crippen molar-refractivity contribution < 1.29 is 9.90 Å². The molecule has 2 heterocycles. The van der Waals surface area contributed by atoms with E-state index in [2.05, 4.69) is 32.9 Å². The maximum Gasteiger partial charge on any atom is 0.270 e. The Morgan fingerprint density at radius 2 is 1.96 bits per heavy atom. The average molecular weight is 342 g/mol. The van der Waals surface area contributed by atoms with E-state index >= 15 is 0 Å². The molecule has 1 saturated heterocycles. The second-order valence-corrected chi connectivity index (χ2v) is 7.92. The zero-order chi connectivity index (χ0) is 18.1. The Morgan fingerprint density at radius 1 is 1.28 bits per heavy atom. The number of aromatic nitrogens is 1. The Labute approximate surface area is 150 Å². The molecule has 1 aromatic heterocycles. The molecule has 1 N–H and O–H groups in total. The van der Waals surface area contributed by atoms with E-state index in [1.165, 1.54) is 5.56 Å². The summed E-state index contributed by atoms with van der Waals surface area (Å²) >= 11 is 0. The molecule has 1 atom stereocenters. The number of benzene rings is 1. The zero-order valence-corrected chi connectivity index (χ0v) is 15.8. The van der Waals surface area contributed by atoms with Gasteiger partial charge in [0, 0.05) is 31.0 Å². The van der Waals surface area contributed by atoms with E-state index in [-0.39, 0.29) is 12.0 Å². The standard InChI is InChI=1S/C21H30N2O2/c1-14(2)12-20(24)16-8-10-23(11-9-16)21(25)19-13-17-15(3)6-5-7-18(17)22(19)4/h5-7,13-14,16,20,24H,8-12H2,1-4H3. The number of hydrogen-bond acceptors (Lipinski definition) is 2. The van der Waals surface area contributed by atoms with Gasteiger partial charge in [0.05, 0.1) is 6.10 Å². The van der Waals surface area contributed by atoms with Crippen molar-refractivity contribution in [3.63, 3.8) is 0 Å². The molecule has 0 aliphatic carbocycles. The number of carbonyl (C=O) groups excluding carboxylic acids is 1. The number of nitrogens with zero attached hydrogens (tertiary/aromatic N) is 2. The maximum absolute atomic E-state index is 13.0. The molecule has 0 saturated carbocycles. The molecule has 0 spiro atoms. The number of likely N-dealkylation sites (tertiary alicyclic amines) is 1. The fraction of sp³-hybridized carbons (Fsp3) is 0.571. The van der Waals surface area contributed by atoms with Crippen LogP contribution in [0.15, 0.2) is 24.3 Å². The monoisotopic (exact) mass is 342 g/mol. The van der Waals surface area contributed by atoms with Crippen LogP contribution in [0.1, 0.15) is 49.2 Å². The first-order valence-electron chi connectivity index (χ1n) is 9.41. The predicted molar refractivity (Wildman–Crippen MR) is 102 cm³/mol. The molecule has 1 aliphatic rings. The summed E-state index contributed by atoms with van der Waals surface area (Å²) in [4.78, 5) is 14.9. The van der Waals surface area contributed by atoms with Gasteiger partial charge in [-0.3, -0.25) is 4.79 Å². The van der Waals surface area contributed by atoms with Crippen molar-refractivity contribution >= 4 is 16.8 Å². The minimum atomic E-state index is -0.238. The third-order valence-electron chi connectivity index (χ3n) is 5.61. The van der Waals surface area contributed by atoms with Crippen molar-refractivity contribution in [1.29, 1.82) is 0 Å². The Kier molecular flexibility index (Phi) is 5.19. The van der Waals surface area contributed by atoms with Crippen LogP contribution in [0.25, 0.3) is 10.9 Å². The molecule has 1 aliphatic heterocycles. The third kappa shape index (κ3) is 3.59. The molecule has 2 aromatic rings. The molecular weight excluding hydrogens is 312 g/mol. The minimum absolute atomic E-state index is 0.106. The number of aryl methyl sites for hydroxylation is 2. The summed E-state index contributed by atoms with van der Waals surface area (Å²) in [6, 6.07) is 8.20. The number of piperidine rings is 1. The van der Waals surface area contributed by atoms with E-state index in [1.54, 1.807) is 0 Å². The molecule has 3 rings (SSSR count). The molecule has 0 bridgehead atoms. The predicted octanol–water partition coefficient (Wildman–Crippen LogP) is 3.75. The highest BCUT2D eigenvalue weighted by Gasteiger charge is 2.29. The molecule has 25 heavy (non-hydrogen) atoms. The lowest BCUT2D eigenvalue weighted by molar-refractivity contribution is 0.0381. The molecule has 1 amide bonds. The number of aliphatic hydroxyl groups excluding tert-OH is 1. The molecule has 4 nitrogen and oxygen atoms in total. The second-order valence-electron chi connectivity index (χ2n) is 7.92. The molecule has 136 valence electrons. The second kappa shape index (κ2) is 7.20. The van der Waals surface area contributed by atoms with E-state index in [0.717, 1.165) is 48.9 Å². The highest BCUT2D eigenvalue weighted by Crippen LogP contribution is 2.27. The minimum Gasteiger partial charge on any atom is -0.393 e. The average Bonchev–Trinajstić information content (AvgIpc) is 2.92. The number of aliphatic hydroxyl groups is 1. The van der Waals surface area contributed by atoms with Crippen LogP contribution in [-0.2, 0) is 7.05 Å². The van der Waals surface area contributed by atoms with Crippen LogP contribution in [0.5, 0.6) is 0 Å². The smallest absolute Gasteiger partial charge is 0.270 e. The number of hydrogen-bond donors (Lipinski definition) is 1. The summed E-state index contributed by atoms with van der Waals surface area (Å²) in [6.45, 7) is 7.84. The molecule has 0 radical (unpaired) electrons. The summed E-state index contributed by atoms with van der Waals surface area (Å²) in [5, 5.41) is 11.5. The van der Waals surface area contributed by atoms with Gasteiger partial charge >= 0.3 is 0 Å². The van der Waals surface area contributed by atoms with Crippen LogP contribution in [0.3, 0.4) is 0 Å². The first-order valence-corrected chi connectivity index (χ1v) is 9.41. The van der Waals surface area contributed by atoms with E-state index in [4.69, 9.17) is 0 Å². The number of amides is 1. The van der Waals surface area contributed by atoms with E-state index in [0.29, 0.717) is 11.8 Å². The van der Waals surface area contributed by atoms with Gasteiger partial charge < -0.3 is 14.6 Å². The Hall–Kier alpha value is -1.81. The van der Waals surface area contributed by atoms with Crippen LogP contribution in [0.2, 0.25) is 0 Å². The van der Waals surface area contributed by atoms with Gasteiger partial charge in [-0.1, -0.05) is 26.0 Å². The van der Waals surface area contributed by atoms with E-state index in [1.807, 2.05) is 28.6 Å². The largest absolute Gasteiger partial charge is 0.393 e. The maximum atomic E-state index is 13.0. The lowest BCUT2D eigenvalue weighted by atomic mass is 9.87. The molecule has 1 unspecified atom stereocenters. The summed E-state index contributed by atoms with van der Waals surface area (Å²) in [5.74, 6) is 0.935. The van der Waals surface area contributed by atoms with Crippen LogP contribution < -0.4 is 0 Å². The van der Waals surface area contributed by atoms with Gasteiger partial charge in [0.2, 0.25) is 0 Å². The van der Waals surface area contributed by atoms with Gasteiger partial charge in [-0.05, 0) is 55.7 Å². The lowest BCUT2D eigenvalue weighted by Crippen LogP contribution is -2.42. The quantitative estimate of drug-likeness (QED) is 0.920. The fourth-order valence-corrected chi connectivity index (χ4v) is 4.04. The lowest BCUT2D eigenvalue weighted by Gasteiger charge is -2.34. The van der Waals surface area contributed by atoms with Crippen LogP contribution in [0, 0.1) is 18.8 Å². The summed E-state index contributed by atoms with van der Waals surface area (Å²) in [7, 11) is 1.97. The summed E-state index contributed by atoms with van der Waals surface area (Å²) in [5.41, 5.74) is 3.05. The first-order chi connectivity index (χ1) is 11.9. The van der Waals surface area contributed by atoms with Crippen molar-refractivity contribution in [2.45, 2.75) is 46.1 Å². The van der Waals surface area contributed by atoms with Crippen molar-refractivity contribution in [3.8, 4) is 0 Å². The van der Waals surface area contributed by atoms with Gasteiger partial charge in [-0.15, -0.1) is 0 Å². The van der Waals surface area contributed by atoms with Crippen molar-refractivity contribution in [2.24, 2.45) is 18.9 Å². The number of fused-ring (bicyclic) bond motifs is 1. The van der Waals surface area contributed by atoms with Crippen LogP contribution in [0.4, 0.5) is 0 Å². The number of rotatable bonds is 4. The van der Waals surface area contributed by atoms with Crippen LogP contribution >= 0.6 is 0 Å². The van der Waals surface area contributed by atoms with Gasteiger partial charge in [0.1, 0.15) is 5.69 Å². The van der Waals surface area contributed by atoms with Crippen molar-refractivity contribution in [1.82, 2.24) is 9.47 Å². The summed E-state index contributed by atoms with van der Waals surface area (Å²) < 4.78 is 2.00. The molecule has 1 fully saturated rings. The fourth-order valence-electron chi connectivity index (χ4n) is 4.04. The van der Waals surface area contributed by atoms with Gasteiger partial charge in [0.15, 0.2) is 0 Å². The van der Waals surface area contributed by atoms with Gasteiger partial charge in [-0.2, -0.15) is 0 Å².